The van der Waals surface area contributed by atoms with Crippen molar-refractivity contribution in [2.75, 3.05) is 0 Å². The summed E-state index contributed by atoms with van der Waals surface area (Å²) in [7, 11) is 0. The van der Waals surface area contributed by atoms with Crippen LogP contribution in [-0.2, 0) is 17.6 Å². The van der Waals surface area contributed by atoms with Crippen LogP contribution in [0.2, 0.25) is 0 Å². The Morgan fingerprint density at radius 3 is 2.67 bits per heavy atom. The molecule has 5 heteroatoms. The molecule has 2 aliphatic carbocycles. The summed E-state index contributed by atoms with van der Waals surface area (Å²) in [6.07, 6.45) is 9.53. The fraction of sp³-hybridized carbons (Fsp3) is 0.636. The van der Waals surface area contributed by atoms with Crippen LogP contribution < -0.4 is 5.32 Å². The van der Waals surface area contributed by atoms with Gasteiger partial charge in [0.2, 0.25) is 0 Å². The van der Waals surface area contributed by atoms with Gasteiger partial charge in [-0.25, -0.2) is 4.98 Å². The number of carbonyl (C=O) groups excluding carboxylic acids is 1. The molecule has 0 aromatic carbocycles. The number of nitrogens with zero attached hydrogens (tertiary/aromatic N) is 2. The number of hydrogen-bond acceptors (Lipinski definition) is 3. The molecule has 1 N–H and O–H groups in total. The summed E-state index contributed by atoms with van der Waals surface area (Å²) < 4.78 is 8.17. The smallest absolute Gasteiger partial charge is 0.255 e. The van der Waals surface area contributed by atoms with Crippen LogP contribution in [0.1, 0.15) is 80.2 Å². The third kappa shape index (κ3) is 3.75. The lowest BCUT2D eigenvalue weighted by Crippen LogP contribution is -2.40. The normalized spacial score (nSPS) is 22.8. The van der Waals surface area contributed by atoms with Gasteiger partial charge < -0.3 is 14.5 Å². The van der Waals surface area contributed by atoms with Crippen LogP contribution in [0.25, 0.3) is 5.65 Å². The molecule has 1 amide bonds. The second kappa shape index (κ2) is 6.93. The zero-order chi connectivity index (χ0) is 19.2. The minimum Gasteiger partial charge on any atom is -0.373 e. The topological polar surface area (TPSA) is 55.6 Å². The van der Waals surface area contributed by atoms with Gasteiger partial charge >= 0.3 is 0 Å². The largest absolute Gasteiger partial charge is 0.373 e. The number of rotatable bonds is 3. The quantitative estimate of drug-likeness (QED) is 0.890. The van der Waals surface area contributed by atoms with E-state index < -0.39 is 0 Å². The van der Waals surface area contributed by atoms with E-state index in [1.54, 1.807) is 0 Å². The number of hydrogen-bond donors (Lipinski definition) is 1. The van der Waals surface area contributed by atoms with Crippen LogP contribution in [0.5, 0.6) is 0 Å². The molecule has 0 unspecified atom stereocenters. The Kier molecular flexibility index (Phi) is 4.75. The third-order valence-electron chi connectivity index (χ3n) is 5.86. The van der Waals surface area contributed by atoms with Crippen molar-refractivity contribution in [3.63, 3.8) is 0 Å². The highest BCUT2D eigenvalue weighted by Gasteiger charge is 2.27. The molecule has 1 saturated carbocycles. The summed E-state index contributed by atoms with van der Waals surface area (Å²) in [4.78, 5) is 17.7. The van der Waals surface area contributed by atoms with Gasteiger partial charge in [-0.15, -0.1) is 0 Å². The summed E-state index contributed by atoms with van der Waals surface area (Å²) in [5.41, 5.74) is 5.16. The lowest BCUT2D eigenvalue weighted by molar-refractivity contribution is -0.0757. The lowest BCUT2D eigenvalue weighted by Gasteiger charge is -2.33. The van der Waals surface area contributed by atoms with Crippen molar-refractivity contribution in [1.82, 2.24) is 14.7 Å². The molecule has 4 rings (SSSR count). The molecule has 1 fully saturated rings. The molecule has 0 saturated heterocycles. The summed E-state index contributed by atoms with van der Waals surface area (Å²) in [6.45, 7) is 8.44. The molecular formula is C22H31N3O2. The Bertz CT molecular complexity index is 855. The van der Waals surface area contributed by atoms with Crippen LogP contribution in [-0.4, -0.2) is 33.0 Å². The van der Waals surface area contributed by atoms with Crippen LogP contribution in [0.15, 0.2) is 12.3 Å². The van der Waals surface area contributed by atoms with E-state index in [-0.39, 0.29) is 17.6 Å². The van der Waals surface area contributed by atoms with Crippen LogP contribution in [0.4, 0.5) is 0 Å². The first-order valence-electron chi connectivity index (χ1n) is 10.3. The van der Waals surface area contributed by atoms with E-state index in [9.17, 15) is 4.79 Å². The monoisotopic (exact) mass is 369 g/mol. The van der Waals surface area contributed by atoms with Gasteiger partial charge in [-0.05, 0) is 84.3 Å². The van der Waals surface area contributed by atoms with Gasteiger partial charge in [0.25, 0.3) is 5.91 Å². The second-order valence-corrected chi connectivity index (χ2v) is 9.08. The van der Waals surface area contributed by atoms with E-state index in [0.29, 0.717) is 11.7 Å². The highest BCUT2D eigenvalue weighted by molar-refractivity contribution is 6.00. The first kappa shape index (κ1) is 18.5. The van der Waals surface area contributed by atoms with Crippen molar-refractivity contribution in [3.8, 4) is 0 Å². The average molecular weight is 370 g/mol. The zero-order valence-corrected chi connectivity index (χ0v) is 17.0. The van der Waals surface area contributed by atoms with Gasteiger partial charge in [0.15, 0.2) is 0 Å². The van der Waals surface area contributed by atoms with Gasteiger partial charge in [-0.2, -0.15) is 0 Å². The average Bonchev–Trinajstić information content (AvgIpc) is 3.22. The number of nitrogens with one attached hydrogen (secondary N) is 1. The zero-order valence-electron chi connectivity index (χ0n) is 17.0. The highest BCUT2D eigenvalue weighted by atomic mass is 16.5. The molecule has 0 spiro atoms. The fourth-order valence-electron chi connectivity index (χ4n) is 4.59. The summed E-state index contributed by atoms with van der Waals surface area (Å²) in [5, 5.41) is 3.24. The van der Waals surface area contributed by atoms with E-state index in [1.165, 1.54) is 17.0 Å². The van der Waals surface area contributed by atoms with Crippen molar-refractivity contribution >= 4 is 11.6 Å². The molecule has 0 radical (unpaired) electrons. The fourth-order valence-corrected chi connectivity index (χ4v) is 4.59. The second-order valence-electron chi connectivity index (χ2n) is 9.08. The number of fused-ring (bicyclic) bond motifs is 2. The maximum Gasteiger partial charge on any atom is 0.255 e. The minimum absolute atomic E-state index is 0.00235. The van der Waals surface area contributed by atoms with E-state index in [1.807, 2.05) is 12.3 Å². The number of ether oxygens (including phenoxy) is 1. The van der Waals surface area contributed by atoms with Gasteiger partial charge in [-0.3, -0.25) is 4.79 Å². The Balaban J connectivity index is 1.45. The SMILES string of the molecule is Cc1c2c(nc3c(C(=O)N[C@H]4CC[C@H](OC(C)(C)C)CC4)ccn13)CCC2. The standard InChI is InChI=1S/C22H31N3O2/c1-14-17-6-5-7-19(17)24-20-18(12-13-25(14)20)21(26)23-15-8-10-16(11-9-15)27-22(2,3)4/h12-13,15-16H,5-11H2,1-4H3,(H,23,26)/t15-,16-. The van der Waals surface area contributed by atoms with Crippen LogP contribution in [0, 0.1) is 6.92 Å². The first-order valence-corrected chi connectivity index (χ1v) is 10.3. The van der Waals surface area contributed by atoms with Crippen molar-refractivity contribution in [2.45, 2.75) is 90.4 Å². The van der Waals surface area contributed by atoms with Crippen molar-refractivity contribution < 1.29 is 9.53 Å². The first-order chi connectivity index (χ1) is 12.8. The van der Waals surface area contributed by atoms with E-state index >= 15 is 0 Å². The van der Waals surface area contributed by atoms with Crippen molar-refractivity contribution in [3.05, 3.63) is 34.8 Å². The minimum atomic E-state index is -0.101. The molecule has 0 bridgehead atoms. The highest BCUT2D eigenvalue weighted by Crippen LogP contribution is 2.28. The van der Waals surface area contributed by atoms with E-state index in [4.69, 9.17) is 9.72 Å². The number of carbonyl (C=O) groups is 1. The Hall–Kier alpha value is -1.88. The Morgan fingerprint density at radius 2 is 1.96 bits per heavy atom. The molecule has 2 aromatic heterocycles. The van der Waals surface area contributed by atoms with E-state index in [2.05, 4.69) is 37.4 Å². The molecule has 5 nitrogen and oxygen atoms in total. The van der Waals surface area contributed by atoms with Gasteiger partial charge in [-0.1, -0.05) is 0 Å². The Labute approximate surface area is 161 Å². The number of aryl methyl sites for hydroxylation is 2. The Morgan fingerprint density at radius 1 is 1.22 bits per heavy atom. The molecule has 2 aromatic rings. The van der Waals surface area contributed by atoms with Crippen molar-refractivity contribution in [1.29, 1.82) is 0 Å². The summed E-state index contributed by atoms with van der Waals surface area (Å²) in [6, 6.07) is 2.14. The van der Waals surface area contributed by atoms with E-state index in [0.717, 1.165) is 50.6 Å². The number of aromatic nitrogens is 2. The maximum absolute atomic E-state index is 12.9. The molecule has 27 heavy (non-hydrogen) atoms. The lowest BCUT2D eigenvalue weighted by atomic mass is 9.92. The van der Waals surface area contributed by atoms with Crippen molar-refractivity contribution in [2.24, 2.45) is 0 Å². The molecule has 2 aliphatic rings. The predicted molar refractivity (Wildman–Crippen MR) is 106 cm³/mol. The van der Waals surface area contributed by atoms with Gasteiger partial charge in [0.1, 0.15) is 5.65 Å². The van der Waals surface area contributed by atoms with Crippen LogP contribution in [0.3, 0.4) is 0 Å². The van der Waals surface area contributed by atoms with Gasteiger partial charge in [0.05, 0.1) is 17.3 Å². The summed E-state index contributed by atoms with van der Waals surface area (Å²) >= 11 is 0. The number of amides is 1. The van der Waals surface area contributed by atoms with Gasteiger partial charge in [0, 0.05) is 23.6 Å². The molecular weight excluding hydrogens is 338 g/mol. The van der Waals surface area contributed by atoms with Crippen LogP contribution >= 0.6 is 0 Å². The maximum atomic E-state index is 12.9. The third-order valence-corrected chi connectivity index (χ3v) is 5.86. The molecule has 146 valence electrons. The molecule has 0 atom stereocenters. The summed E-state index contributed by atoms with van der Waals surface area (Å²) in [5.74, 6) is 0.00235. The predicted octanol–water partition coefficient (Wildman–Crippen LogP) is 3.99. The molecule has 0 aliphatic heterocycles. The molecule has 2 heterocycles.